The second kappa shape index (κ2) is 9.62. The maximum absolute atomic E-state index is 2.59. The van der Waals surface area contributed by atoms with Crippen molar-refractivity contribution in [3.05, 3.63) is 167 Å². The minimum Gasteiger partial charge on any atom is -0.0836 e. The molecule has 3 aliphatic carbocycles. The minimum atomic E-state index is 0.361. The molecule has 7 rings (SSSR count). The van der Waals surface area contributed by atoms with Crippen LogP contribution in [0.15, 0.2) is 145 Å². The first-order valence-corrected chi connectivity index (χ1v) is 13.8. The Morgan fingerprint density at radius 1 is 0.632 bits per heavy atom. The molecule has 0 bridgehead atoms. The summed E-state index contributed by atoms with van der Waals surface area (Å²) in [5.41, 5.74) is 12.2. The maximum Gasteiger partial charge on any atom is 0.0164 e. The van der Waals surface area contributed by atoms with Crippen molar-refractivity contribution in [3.63, 3.8) is 0 Å². The van der Waals surface area contributed by atoms with Gasteiger partial charge in [0.15, 0.2) is 0 Å². The molecule has 0 amide bonds. The highest BCUT2D eigenvalue weighted by Gasteiger charge is 2.40. The van der Waals surface area contributed by atoms with Crippen molar-refractivity contribution < 1.29 is 0 Å². The van der Waals surface area contributed by atoms with E-state index in [9.17, 15) is 0 Å². The molecule has 4 aromatic carbocycles. The lowest BCUT2D eigenvalue weighted by Gasteiger charge is -2.27. The van der Waals surface area contributed by atoms with Gasteiger partial charge < -0.3 is 0 Å². The fourth-order valence-electron chi connectivity index (χ4n) is 6.64. The summed E-state index contributed by atoms with van der Waals surface area (Å²) in [7, 11) is 0. The Balaban J connectivity index is 1.30. The van der Waals surface area contributed by atoms with Gasteiger partial charge in [0, 0.05) is 17.8 Å². The quantitative estimate of drug-likeness (QED) is 0.268. The fourth-order valence-corrected chi connectivity index (χ4v) is 6.64. The van der Waals surface area contributed by atoms with Crippen molar-refractivity contribution in [2.75, 3.05) is 0 Å². The van der Waals surface area contributed by atoms with Gasteiger partial charge in [-0.2, -0.15) is 0 Å². The molecule has 0 nitrogen and oxygen atoms in total. The van der Waals surface area contributed by atoms with E-state index in [1.807, 2.05) is 0 Å². The van der Waals surface area contributed by atoms with Gasteiger partial charge in [-0.25, -0.2) is 0 Å². The van der Waals surface area contributed by atoms with Crippen molar-refractivity contribution in [1.29, 1.82) is 0 Å². The molecule has 0 spiro atoms. The number of benzene rings is 4. The Morgan fingerprint density at radius 3 is 2.18 bits per heavy atom. The summed E-state index contributed by atoms with van der Waals surface area (Å²) >= 11 is 0. The zero-order chi connectivity index (χ0) is 25.5. The Bertz CT molecular complexity index is 1590. The van der Waals surface area contributed by atoms with Crippen LogP contribution < -0.4 is 0 Å². The molecular formula is C38H32. The molecular weight excluding hydrogens is 456 g/mol. The van der Waals surface area contributed by atoms with Gasteiger partial charge in [-0.05, 0) is 69.8 Å². The zero-order valence-corrected chi connectivity index (χ0v) is 21.8. The van der Waals surface area contributed by atoms with Crippen molar-refractivity contribution in [1.82, 2.24) is 0 Å². The summed E-state index contributed by atoms with van der Waals surface area (Å²) in [6.45, 7) is 2.14. The van der Waals surface area contributed by atoms with E-state index in [4.69, 9.17) is 0 Å². The molecule has 0 aliphatic heterocycles. The highest BCUT2D eigenvalue weighted by molar-refractivity contribution is 5.74. The van der Waals surface area contributed by atoms with Crippen molar-refractivity contribution >= 4 is 0 Å². The molecule has 0 heteroatoms. The number of hydrogen-bond donors (Lipinski definition) is 0. The molecule has 0 N–H and O–H groups in total. The van der Waals surface area contributed by atoms with Crippen LogP contribution in [0.1, 0.15) is 40.5 Å². The van der Waals surface area contributed by atoms with Crippen molar-refractivity contribution in [2.24, 2.45) is 11.8 Å². The monoisotopic (exact) mass is 488 g/mol. The predicted octanol–water partition coefficient (Wildman–Crippen LogP) is 9.80. The van der Waals surface area contributed by atoms with E-state index >= 15 is 0 Å². The fraction of sp³-hybridized carbons (Fsp3) is 0.158. The molecule has 38 heavy (non-hydrogen) atoms. The summed E-state index contributed by atoms with van der Waals surface area (Å²) < 4.78 is 0. The highest BCUT2D eigenvalue weighted by atomic mass is 14.4. The van der Waals surface area contributed by atoms with Gasteiger partial charge in [0.1, 0.15) is 0 Å². The number of hydrogen-bond acceptors (Lipinski definition) is 0. The summed E-state index contributed by atoms with van der Waals surface area (Å²) in [5, 5.41) is 0. The lowest BCUT2D eigenvalue weighted by molar-refractivity contribution is 0.554. The van der Waals surface area contributed by atoms with E-state index in [1.165, 1.54) is 50.1 Å². The van der Waals surface area contributed by atoms with E-state index in [0.29, 0.717) is 23.7 Å². The average molecular weight is 489 g/mol. The van der Waals surface area contributed by atoms with E-state index in [1.54, 1.807) is 0 Å². The molecule has 0 heterocycles. The highest BCUT2D eigenvalue weighted by Crippen LogP contribution is 2.54. The molecule has 4 atom stereocenters. The van der Waals surface area contributed by atoms with Crippen molar-refractivity contribution in [2.45, 2.75) is 25.2 Å². The largest absolute Gasteiger partial charge is 0.0836 e. The first-order valence-electron chi connectivity index (χ1n) is 13.8. The van der Waals surface area contributed by atoms with Crippen LogP contribution in [0.3, 0.4) is 0 Å². The molecule has 0 aromatic heterocycles. The smallest absolute Gasteiger partial charge is 0.0164 e. The van der Waals surface area contributed by atoms with Gasteiger partial charge in [-0.1, -0.05) is 139 Å². The molecule has 0 fully saturated rings. The topological polar surface area (TPSA) is 0 Å². The van der Waals surface area contributed by atoms with Crippen LogP contribution >= 0.6 is 0 Å². The number of aryl methyl sites for hydroxylation is 1. The van der Waals surface area contributed by atoms with E-state index < -0.39 is 0 Å². The van der Waals surface area contributed by atoms with Gasteiger partial charge in [-0.3, -0.25) is 0 Å². The third kappa shape index (κ3) is 4.11. The average Bonchev–Trinajstić information content (AvgIpc) is 3.31. The Kier molecular flexibility index (Phi) is 5.82. The Hall–Kier alpha value is -4.16. The van der Waals surface area contributed by atoms with Gasteiger partial charge >= 0.3 is 0 Å². The number of fused-ring (bicyclic) bond motifs is 3. The van der Waals surface area contributed by atoms with Crippen LogP contribution in [0.5, 0.6) is 0 Å². The van der Waals surface area contributed by atoms with E-state index in [-0.39, 0.29) is 0 Å². The summed E-state index contributed by atoms with van der Waals surface area (Å²) in [5.74, 6) is 1.72. The first-order chi connectivity index (χ1) is 18.7. The lowest BCUT2D eigenvalue weighted by atomic mass is 9.76. The summed E-state index contributed by atoms with van der Waals surface area (Å²) in [6.07, 6.45) is 17.6. The van der Waals surface area contributed by atoms with E-state index in [0.717, 1.165) is 6.42 Å². The Labute approximate surface area is 226 Å². The molecule has 184 valence electrons. The van der Waals surface area contributed by atoms with Gasteiger partial charge in [-0.15, -0.1) is 0 Å². The predicted molar refractivity (Wildman–Crippen MR) is 160 cm³/mol. The molecule has 4 aromatic rings. The number of allylic oxidation sites excluding steroid dienone is 8. The van der Waals surface area contributed by atoms with Crippen molar-refractivity contribution in [3.8, 4) is 22.3 Å². The minimum absolute atomic E-state index is 0.361. The third-order valence-electron chi connectivity index (χ3n) is 8.61. The van der Waals surface area contributed by atoms with Gasteiger partial charge in [0.25, 0.3) is 0 Å². The molecule has 4 unspecified atom stereocenters. The van der Waals surface area contributed by atoms with Crippen LogP contribution in [0.2, 0.25) is 0 Å². The molecule has 0 saturated carbocycles. The molecule has 0 radical (unpaired) electrons. The standard InChI is InChI=1S/C38H32/c1-26-15-17-28(18-16-26)30-13-8-14-31(23-30)33-20-22-35-34-21-19-32(27-9-4-2-5-10-27)24-36(34)38(37(35)25-33)29-11-6-3-7-12-29/h2-9,11-25,27,34,36,38H,10H2,1H3. The second-order valence-corrected chi connectivity index (χ2v) is 11.0. The third-order valence-corrected chi connectivity index (χ3v) is 8.61. The van der Waals surface area contributed by atoms with Crippen LogP contribution in [-0.4, -0.2) is 0 Å². The second-order valence-electron chi connectivity index (χ2n) is 11.0. The van der Waals surface area contributed by atoms with Crippen LogP contribution in [0, 0.1) is 18.8 Å². The van der Waals surface area contributed by atoms with Crippen LogP contribution in [0.4, 0.5) is 0 Å². The van der Waals surface area contributed by atoms with Gasteiger partial charge in [0.2, 0.25) is 0 Å². The maximum atomic E-state index is 2.59. The lowest BCUT2D eigenvalue weighted by Crippen LogP contribution is -2.15. The van der Waals surface area contributed by atoms with E-state index in [2.05, 4.69) is 147 Å². The first kappa shape index (κ1) is 23.0. The van der Waals surface area contributed by atoms with Gasteiger partial charge in [0.05, 0.1) is 0 Å². The normalized spacial score (nSPS) is 23.1. The SMILES string of the molecule is Cc1ccc(-c2cccc(-c3ccc4c(c3)C(c3ccccc3)C3C=C(C5C=CC=CC5)C=CC43)c2)cc1. The van der Waals surface area contributed by atoms with Crippen LogP contribution in [0.25, 0.3) is 22.3 Å². The number of rotatable bonds is 4. The molecule has 0 saturated heterocycles. The Morgan fingerprint density at radius 2 is 1.39 bits per heavy atom. The zero-order valence-electron chi connectivity index (χ0n) is 21.8. The summed E-state index contributed by atoms with van der Waals surface area (Å²) in [4.78, 5) is 0. The summed E-state index contributed by atoms with van der Waals surface area (Å²) in [6, 6.07) is 36.2. The van der Waals surface area contributed by atoms with Crippen LogP contribution in [-0.2, 0) is 0 Å². The molecule has 3 aliphatic rings.